The van der Waals surface area contributed by atoms with Crippen LogP contribution < -0.4 is 0 Å². The van der Waals surface area contributed by atoms with E-state index < -0.39 is 0 Å². The number of thiocarbonyl (C=S) groups is 1. The summed E-state index contributed by atoms with van der Waals surface area (Å²) in [6.07, 6.45) is 3.23. The summed E-state index contributed by atoms with van der Waals surface area (Å²) in [4.78, 5) is 0. The number of aryl methyl sites for hydroxylation is 1. The summed E-state index contributed by atoms with van der Waals surface area (Å²) >= 11 is 4.86. The summed E-state index contributed by atoms with van der Waals surface area (Å²) < 4.78 is 9.95. The van der Waals surface area contributed by atoms with Gasteiger partial charge in [-0.05, 0) is 24.4 Å². The first-order valence-corrected chi connectivity index (χ1v) is 3.83. The van der Waals surface area contributed by atoms with E-state index in [4.69, 9.17) is 21.4 Å². The van der Waals surface area contributed by atoms with E-state index in [0.29, 0.717) is 5.05 Å². The standard InChI is InChI=1S/C8H10O2S/c1-9-8(11)5-4-7-3-2-6-10-7/h2-3,6H,4-5H2,1H3. The van der Waals surface area contributed by atoms with E-state index in [1.54, 1.807) is 13.4 Å². The lowest BCUT2D eigenvalue weighted by atomic mass is 10.2. The monoisotopic (exact) mass is 170 g/mol. The quantitative estimate of drug-likeness (QED) is 0.649. The van der Waals surface area contributed by atoms with Crippen LogP contribution in [-0.2, 0) is 11.2 Å². The molecule has 0 aliphatic carbocycles. The summed E-state index contributed by atoms with van der Waals surface area (Å²) in [7, 11) is 1.59. The predicted octanol–water partition coefficient (Wildman–Crippen LogP) is 2.19. The normalized spacial score (nSPS) is 9.55. The fraction of sp³-hybridized carbons (Fsp3) is 0.375. The van der Waals surface area contributed by atoms with Crippen LogP contribution in [0.2, 0.25) is 0 Å². The zero-order valence-corrected chi connectivity index (χ0v) is 7.19. The Kier molecular flexibility index (Phi) is 3.11. The van der Waals surface area contributed by atoms with E-state index in [1.807, 2.05) is 12.1 Å². The van der Waals surface area contributed by atoms with Gasteiger partial charge in [-0.25, -0.2) is 0 Å². The molecule has 0 fully saturated rings. The molecule has 0 aliphatic rings. The van der Waals surface area contributed by atoms with E-state index in [-0.39, 0.29) is 0 Å². The molecule has 0 saturated carbocycles. The molecule has 1 heterocycles. The van der Waals surface area contributed by atoms with Gasteiger partial charge in [-0.1, -0.05) is 0 Å². The first-order chi connectivity index (χ1) is 5.33. The molecule has 3 heteroatoms. The topological polar surface area (TPSA) is 22.4 Å². The summed E-state index contributed by atoms with van der Waals surface area (Å²) in [6.45, 7) is 0. The van der Waals surface area contributed by atoms with Crippen molar-refractivity contribution in [3.63, 3.8) is 0 Å². The van der Waals surface area contributed by atoms with Crippen molar-refractivity contribution in [2.75, 3.05) is 7.11 Å². The van der Waals surface area contributed by atoms with Gasteiger partial charge in [0.05, 0.1) is 13.4 Å². The van der Waals surface area contributed by atoms with Crippen LogP contribution >= 0.6 is 12.2 Å². The van der Waals surface area contributed by atoms with Gasteiger partial charge >= 0.3 is 0 Å². The molecule has 0 N–H and O–H groups in total. The Hall–Kier alpha value is -0.830. The van der Waals surface area contributed by atoms with E-state index in [0.717, 1.165) is 18.6 Å². The van der Waals surface area contributed by atoms with E-state index in [1.165, 1.54) is 0 Å². The lowest BCUT2D eigenvalue weighted by Gasteiger charge is -1.98. The lowest BCUT2D eigenvalue weighted by Crippen LogP contribution is -1.98. The van der Waals surface area contributed by atoms with Gasteiger partial charge in [-0.3, -0.25) is 0 Å². The molecule has 1 rings (SSSR count). The largest absolute Gasteiger partial charge is 0.490 e. The van der Waals surface area contributed by atoms with Crippen molar-refractivity contribution in [3.05, 3.63) is 24.2 Å². The summed E-state index contributed by atoms with van der Waals surface area (Å²) in [6, 6.07) is 3.80. The molecular formula is C8H10O2S. The lowest BCUT2D eigenvalue weighted by molar-refractivity contribution is 0.398. The van der Waals surface area contributed by atoms with Gasteiger partial charge in [-0.15, -0.1) is 0 Å². The third-order valence-electron chi connectivity index (χ3n) is 1.38. The molecule has 1 aromatic rings. The van der Waals surface area contributed by atoms with Crippen molar-refractivity contribution in [1.82, 2.24) is 0 Å². The van der Waals surface area contributed by atoms with Crippen LogP contribution in [0.15, 0.2) is 22.8 Å². The fourth-order valence-corrected chi connectivity index (χ4v) is 0.884. The van der Waals surface area contributed by atoms with Crippen LogP contribution in [0.4, 0.5) is 0 Å². The maximum absolute atomic E-state index is 5.11. The highest BCUT2D eigenvalue weighted by molar-refractivity contribution is 7.80. The van der Waals surface area contributed by atoms with Gasteiger partial charge in [-0.2, -0.15) is 0 Å². The number of hydrogen-bond donors (Lipinski definition) is 0. The molecule has 1 aromatic heterocycles. The molecule has 0 amide bonds. The SMILES string of the molecule is COC(=S)CCc1ccco1. The average Bonchev–Trinajstić information content (AvgIpc) is 2.52. The van der Waals surface area contributed by atoms with Gasteiger partial charge in [0.15, 0.2) is 5.05 Å². The molecule has 0 bridgehead atoms. The highest BCUT2D eigenvalue weighted by atomic mass is 32.1. The van der Waals surface area contributed by atoms with Gasteiger partial charge in [0.1, 0.15) is 5.76 Å². The second-order valence-corrected chi connectivity index (χ2v) is 2.61. The molecule has 0 saturated heterocycles. The van der Waals surface area contributed by atoms with Gasteiger partial charge in [0, 0.05) is 12.8 Å². The third-order valence-corrected chi connectivity index (χ3v) is 1.75. The second kappa shape index (κ2) is 4.13. The van der Waals surface area contributed by atoms with Crippen molar-refractivity contribution in [1.29, 1.82) is 0 Å². The Morgan fingerprint density at radius 3 is 3.09 bits per heavy atom. The molecule has 0 aromatic carbocycles. The highest BCUT2D eigenvalue weighted by Crippen LogP contribution is 2.04. The first-order valence-electron chi connectivity index (χ1n) is 3.42. The van der Waals surface area contributed by atoms with E-state index in [2.05, 4.69) is 0 Å². The molecule has 0 aliphatic heterocycles. The highest BCUT2D eigenvalue weighted by Gasteiger charge is 1.98. The van der Waals surface area contributed by atoms with Crippen molar-refractivity contribution >= 4 is 17.3 Å². The van der Waals surface area contributed by atoms with Gasteiger partial charge in [0.25, 0.3) is 0 Å². The Morgan fingerprint density at radius 2 is 2.55 bits per heavy atom. The van der Waals surface area contributed by atoms with Crippen LogP contribution in [0.5, 0.6) is 0 Å². The first kappa shape index (κ1) is 8.27. The minimum absolute atomic E-state index is 0.626. The maximum Gasteiger partial charge on any atom is 0.159 e. The van der Waals surface area contributed by atoms with Crippen molar-refractivity contribution in [2.24, 2.45) is 0 Å². The molecule has 0 spiro atoms. The number of ether oxygens (including phenoxy) is 1. The summed E-state index contributed by atoms with van der Waals surface area (Å²) in [5.74, 6) is 0.949. The number of hydrogen-bond acceptors (Lipinski definition) is 3. The van der Waals surface area contributed by atoms with E-state index in [9.17, 15) is 0 Å². The Balaban J connectivity index is 2.29. The molecule has 0 atom stereocenters. The Labute approximate surface area is 71.2 Å². The minimum Gasteiger partial charge on any atom is -0.490 e. The number of methoxy groups -OCH3 is 1. The zero-order valence-electron chi connectivity index (χ0n) is 6.37. The third kappa shape index (κ3) is 2.72. The van der Waals surface area contributed by atoms with Gasteiger partial charge in [0.2, 0.25) is 0 Å². The van der Waals surface area contributed by atoms with Crippen LogP contribution in [0.25, 0.3) is 0 Å². The second-order valence-electron chi connectivity index (χ2n) is 2.16. The smallest absolute Gasteiger partial charge is 0.159 e. The molecule has 0 unspecified atom stereocenters. The van der Waals surface area contributed by atoms with Crippen LogP contribution in [0.1, 0.15) is 12.2 Å². The molecular weight excluding hydrogens is 160 g/mol. The molecule has 0 radical (unpaired) electrons. The summed E-state index contributed by atoms with van der Waals surface area (Å²) in [5.41, 5.74) is 0. The molecule has 60 valence electrons. The predicted molar refractivity (Wildman–Crippen MR) is 46.6 cm³/mol. The maximum atomic E-state index is 5.11. The fourth-order valence-electron chi connectivity index (χ4n) is 0.782. The minimum atomic E-state index is 0.626. The number of rotatable bonds is 3. The summed E-state index contributed by atoms with van der Waals surface area (Å²) in [5, 5.41) is 0.626. The molecule has 11 heavy (non-hydrogen) atoms. The Bertz CT molecular complexity index is 216. The Morgan fingerprint density at radius 1 is 1.73 bits per heavy atom. The van der Waals surface area contributed by atoms with E-state index >= 15 is 0 Å². The average molecular weight is 170 g/mol. The molecule has 2 nitrogen and oxygen atoms in total. The van der Waals surface area contributed by atoms with Crippen LogP contribution in [-0.4, -0.2) is 12.2 Å². The zero-order chi connectivity index (χ0) is 8.10. The van der Waals surface area contributed by atoms with Crippen molar-refractivity contribution in [3.8, 4) is 0 Å². The van der Waals surface area contributed by atoms with Crippen molar-refractivity contribution in [2.45, 2.75) is 12.8 Å². The number of furan rings is 1. The van der Waals surface area contributed by atoms with Gasteiger partial charge < -0.3 is 9.15 Å². The van der Waals surface area contributed by atoms with Crippen molar-refractivity contribution < 1.29 is 9.15 Å². The van der Waals surface area contributed by atoms with Crippen LogP contribution in [0.3, 0.4) is 0 Å². The van der Waals surface area contributed by atoms with Crippen LogP contribution in [0, 0.1) is 0 Å².